The first-order valence-corrected chi connectivity index (χ1v) is 17.0. The molecule has 0 aliphatic carbocycles. The average Bonchev–Trinajstić information content (AvgIpc) is 3.78. The largest absolute Gasteiger partial charge is 0.455 e. The van der Waals surface area contributed by atoms with Crippen molar-refractivity contribution in [1.82, 2.24) is 9.97 Å². The second kappa shape index (κ2) is 11.9. The van der Waals surface area contributed by atoms with Crippen LogP contribution in [0, 0.1) is 0 Å². The Kier molecular flexibility index (Phi) is 6.74. The lowest BCUT2D eigenvalue weighted by atomic mass is 10.0. The van der Waals surface area contributed by atoms with Gasteiger partial charge in [0.15, 0.2) is 5.58 Å². The number of hydrogen-bond donors (Lipinski definition) is 0. The van der Waals surface area contributed by atoms with Gasteiger partial charge in [0.2, 0.25) is 0 Å². The molecule has 0 N–H and O–H groups in total. The number of benzene rings is 6. The van der Waals surface area contributed by atoms with Crippen LogP contribution in [0.1, 0.15) is 0 Å². The van der Waals surface area contributed by atoms with Crippen LogP contribution in [0.15, 0.2) is 185 Å². The number of furan rings is 2. The molecule has 0 spiro atoms. The van der Waals surface area contributed by atoms with Crippen molar-refractivity contribution in [2.75, 3.05) is 4.90 Å². The molecule has 6 aromatic carbocycles. The van der Waals surface area contributed by atoms with Gasteiger partial charge < -0.3 is 13.7 Å². The van der Waals surface area contributed by atoms with E-state index < -0.39 is 0 Å². The van der Waals surface area contributed by atoms with E-state index in [4.69, 9.17) is 8.83 Å². The fourth-order valence-electron chi connectivity index (χ4n) is 7.14. The summed E-state index contributed by atoms with van der Waals surface area (Å²) in [5.74, 6) is 0. The van der Waals surface area contributed by atoms with Crippen molar-refractivity contribution in [1.29, 1.82) is 0 Å². The van der Waals surface area contributed by atoms with E-state index in [0.29, 0.717) is 0 Å². The zero-order valence-electron chi connectivity index (χ0n) is 27.4. The van der Waals surface area contributed by atoms with Crippen LogP contribution in [-0.2, 0) is 0 Å². The minimum Gasteiger partial charge on any atom is -0.455 e. The maximum atomic E-state index is 6.33. The Hall–Kier alpha value is -6.98. The Morgan fingerprint density at radius 2 is 0.922 bits per heavy atom. The van der Waals surface area contributed by atoms with E-state index in [-0.39, 0.29) is 0 Å². The van der Waals surface area contributed by atoms with Gasteiger partial charge in [0.05, 0.1) is 0 Å². The summed E-state index contributed by atoms with van der Waals surface area (Å²) in [7, 11) is 0. The molecule has 5 nitrogen and oxygen atoms in total. The number of anilines is 3. The van der Waals surface area contributed by atoms with E-state index in [0.717, 1.165) is 83.3 Å². The lowest BCUT2D eigenvalue weighted by Crippen LogP contribution is -2.09. The molecule has 240 valence electrons. The third-order valence-electron chi connectivity index (χ3n) is 9.65. The molecule has 0 atom stereocenters. The van der Waals surface area contributed by atoms with Gasteiger partial charge >= 0.3 is 0 Å². The van der Waals surface area contributed by atoms with Crippen LogP contribution in [0.2, 0.25) is 0 Å². The Labute approximate surface area is 293 Å². The third-order valence-corrected chi connectivity index (χ3v) is 9.65. The average molecular weight is 656 g/mol. The van der Waals surface area contributed by atoms with E-state index in [1.54, 1.807) is 0 Å². The van der Waals surface area contributed by atoms with Crippen LogP contribution in [0.5, 0.6) is 0 Å². The summed E-state index contributed by atoms with van der Waals surface area (Å²) in [6.07, 6.45) is 5.63. The van der Waals surface area contributed by atoms with E-state index in [9.17, 15) is 0 Å². The normalized spacial score (nSPS) is 11.5. The van der Waals surface area contributed by atoms with E-state index in [1.165, 1.54) is 11.1 Å². The maximum Gasteiger partial charge on any atom is 0.161 e. The molecule has 4 heterocycles. The van der Waals surface area contributed by atoms with Crippen molar-refractivity contribution in [3.8, 4) is 33.4 Å². The summed E-state index contributed by atoms with van der Waals surface area (Å²) in [4.78, 5) is 11.5. The Morgan fingerprint density at radius 1 is 0.392 bits per heavy atom. The highest BCUT2D eigenvalue weighted by atomic mass is 16.3. The summed E-state index contributed by atoms with van der Waals surface area (Å²) >= 11 is 0. The van der Waals surface area contributed by atoms with Crippen LogP contribution in [0.4, 0.5) is 17.1 Å². The highest BCUT2D eigenvalue weighted by molar-refractivity contribution is 6.09. The molecule has 0 aliphatic heterocycles. The lowest BCUT2D eigenvalue weighted by Gasteiger charge is -2.26. The fourth-order valence-corrected chi connectivity index (χ4v) is 7.14. The molecular weight excluding hydrogens is 627 g/mol. The molecule has 0 radical (unpaired) electrons. The lowest BCUT2D eigenvalue weighted by molar-refractivity contribution is 0.669. The zero-order chi connectivity index (χ0) is 33.7. The molecular formula is C46H29N3O2. The first-order valence-electron chi connectivity index (χ1n) is 17.0. The monoisotopic (exact) mass is 655 g/mol. The van der Waals surface area contributed by atoms with Gasteiger partial charge in [-0.25, -0.2) is 0 Å². The molecule has 10 rings (SSSR count). The van der Waals surface area contributed by atoms with Crippen LogP contribution in [0.25, 0.3) is 77.4 Å². The summed E-state index contributed by atoms with van der Waals surface area (Å²) < 4.78 is 12.6. The van der Waals surface area contributed by atoms with Crippen molar-refractivity contribution in [2.24, 2.45) is 0 Å². The predicted octanol–water partition coefficient (Wildman–Crippen LogP) is 12.7. The van der Waals surface area contributed by atoms with Gasteiger partial charge in [-0.05, 0) is 82.9 Å². The Balaban J connectivity index is 1.06. The topological polar surface area (TPSA) is 55.3 Å². The molecule has 0 saturated heterocycles. The van der Waals surface area contributed by atoms with Gasteiger partial charge in [-0.3, -0.25) is 9.97 Å². The quantitative estimate of drug-likeness (QED) is 0.178. The molecule has 0 saturated carbocycles. The minimum atomic E-state index is 0.796. The first-order chi connectivity index (χ1) is 25.3. The van der Waals surface area contributed by atoms with Gasteiger partial charge in [-0.15, -0.1) is 0 Å². The number of pyridine rings is 2. The van der Waals surface area contributed by atoms with Crippen molar-refractivity contribution in [2.45, 2.75) is 0 Å². The number of hydrogen-bond acceptors (Lipinski definition) is 5. The Morgan fingerprint density at radius 3 is 1.61 bits per heavy atom. The van der Waals surface area contributed by atoms with Gasteiger partial charge in [0.25, 0.3) is 0 Å². The van der Waals surface area contributed by atoms with E-state index in [2.05, 4.69) is 124 Å². The van der Waals surface area contributed by atoms with Crippen LogP contribution in [0.3, 0.4) is 0 Å². The van der Waals surface area contributed by atoms with Gasteiger partial charge in [0.1, 0.15) is 22.3 Å². The van der Waals surface area contributed by atoms with Crippen molar-refractivity contribution in [3.05, 3.63) is 176 Å². The van der Waals surface area contributed by atoms with Gasteiger partial charge in [-0.1, -0.05) is 97.1 Å². The molecule has 0 amide bonds. The summed E-state index contributed by atoms with van der Waals surface area (Å²) in [6, 6.07) is 54.7. The van der Waals surface area contributed by atoms with Crippen molar-refractivity contribution < 1.29 is 8.83 Å². The van der Waals surface area contributed by atoms with Gasteiger partial charge in [-0.2, -0.15) is 0 Å². The molecule has 0 fully saturated rings. The zero-order valence-corrected chi connectivity index (χ0v) is 27.4. The SMILES string of the molecule is c1ccc(-c2ccc(N(c3ccc(-c4cncc5c4oc4ccccc45)cc3)c3ccc(-c4ccnc5c4oc4ccccc45)cc3)cc2)cc1. The summed E-state index contributed by atoms with van der Waals surface area (Å²) in [5.41, 5.74) is 13.8. The summed E-state index contributed by atoms with van der Waals surface area (Å²) in [5, 5.41) is 3.10. The number of aromatic nitrogens is 2. The maximum absolute atomic E-state index is 6.33. The second-order valence-corrected chi connectivity index (χ2v) is 12.6. The number of fused-ring (bicyclic) bond motifs is 6. The van der Waals surface area contributed by atoms with E-state index >= 15 is 0 Å². The highest BCUT2D eigenvalue weighted by Gasteiger charge is 2.18. The number of rotatable bonds is 6. The predicted molar refractivity (Wildman–Crippen MR) is 208 cm³/mol. The molecule has 5 heteroatoms. The molecule has 4 aromatic heterocycles. The van der Waals surface area contributed by atoms with Crippen LogP contribution >= 0.6 is 0 Å². The van der Waals surface area contributed by atoms with E-state index in [1.807, 2.05) is 67.1 Å². The standard InChI is InChI=1S/C46H29N3O2/c1-2-8-30(9-3-1)31-14-20-34(21-15-31)49(35-22-16-32(17-23-35)37-26-27-48-44-39-11-5-7-13-43(39)51-46(37)44)36-24-18-33(19-25-36)40-28-47-29-41-38-10-4-6-12-42(38)50-45(40)41/h1-29H. The summed E-state index contributed by atoms with van der Waals surface area (Å²) in [6.45, 7) is 0. The first kappa shape index (κ1) is 29.0. The molecule has 0 unspecified atom stereocenters. The fraction of sp³-hybridized carbons (Fsp3) is 0. The Bertz CT molecular complexity index is 2680. The molecule has 51 heavy (non-hydrogen) atoms. The minimum absolute atomic E-state index is 0.796. The molecule has 0 bridgehead atoms. The van der Waals surface area contributed by atoms with Crippen LogP contribution in [-0.4, -0.2) is 9.97 Å². The molecule has 0 aliphatic rings. The van der Waals surface area contributed by atoms with Crippen molar-refractivity contribution >= 4 is 61.1 Å². The smallest absolute Gasteiger partial charge is 0.161 e. The van der Waals surface area contributed by atoms with Crippen LogP contribution < -0.4 is 4.90 Å². The van der Waals surface area contributed by atoms with Gasteiger partial charge in [0, 0.05) is 62.9 Å². The third kappa shape index (κ3) is 4.94. The number of para-hydroxylation sites is 2. The number of nitrogens with zero attached hydrogens (tertiary/aromatic N) is 3. The second-order valence-electron chi connectivity index (χ2n) is 12.6. The highest BCUT2D eigenvalue weighted by Crippen LogP contribution is 2.41. The van der Waals surface area contributed by atoms with Crippen molar-refractivity contribution in [3.63, 3.8) is 0 Å². The molecule has 10 aromatic rings.